The van der Waals surface area contributed by atoms with E-state index in [1.807, 2.05) is 24.4 Å². The number of hydrogen-bond acceptors (Lipinski definition) is 4. The van der Waals surface area contributed by atoms with Gasteiger partial charge >= 0.3 is 5.69 Å². The average molecular weight is 318 g/mol. The molecule has 1 unspecified atom stereocenters. The van der Waals surface area contributed by atoms with Crippen molar-refractivity contribution in [2.75, 3.05) is 0 Å². The zero-order chi connectivity index (χ0) is 15.9. The molecule has 3 heterocycles. The number of nitrogens with zero attached hydrogens (tertiary/aromatic N) is 3. The van der Waals surface area contributed by atoms with E-state index in [1.165, 1.54) is 7.05 Å². The van der Waals surface area contributed by atoms with Gasteiger partial charge in [0.25, 0.3) is 5.56 Å². The molecule has 0 aliphatic carbocycles. The summed E-state index contributed by atoms with van der Waals surface area (Å²) in [5.74, 6) is 0.961. The van der Waals surface area contributed by atoms with Gasteiger partial charge in [-0.1, -0.05) is 19.9 Å². The number of thiophene rings is 1. The van der Waals surface area contributed by atoms with Gasteiger partial charge in [0.2, 0.25) is 0 Å². The molecule has 0 aliphatic rings. The normalized spacial score (nSPS) is 12.9. The lowest BCUT2D eigenvalue weighted by molar-refractivity contribution is 0.670. The molecular weight excluding hydrogens is 300 g/mol. The third-order valence-corrected chi connectivity index (χ3v) is 4.83. The Balaban J connectivity index is 2.27. The summed E-state index contributed by atoms with van der Waals surface area (Å²) < 4.78 is 2.69. The molecule has 3 aromatic heterocycles. The van der Waals surface area contributed by atoms with E-state index < -0.39 is 0 Å². The molecule has 1 N–H and O–H groups in total. The van der Waals surface area contributed by atoms with Gasteiger partial charge in [-0.25, -0.2) is 9.78 Å². The number of hydrogen-bond donors (Lipinski definition) is 1. The van der Waals surface area contributed by atoms with Crippen molar-refractivity contribution in [1.82, 2.24) is 19.1 Å². The number of fused-ring (bicyclic) bond motifs is 1. The van der Waals surface area contributed by atoms with Crippen LogP contribution in [-0.4, -0.2) is 19.1 Å². The van der Waals surface area contributed by atoms with Crippen LogP contribution in [0.3, 0.4) is 0 Å². The van der Waals surface area contributed by atoms with Crippen LogP contribution in [-0.2, 0) is 13.6 Å². The van der Waals surface area contributed by atoms with Crippen molar-refractivity contribution < 1.29 is 0 Å². The maximum atomic E-state index is 12.5. The summed E-state index contributed by atoms with van der Waals surface area (Å²) in [5.41, 5.74) is 0.170. The van der Waals surface area contributed by atoms with E-state index >= 15 is 0 Å². The van der Waals surface area contributed by atoms with E-state index in [0.717, 1.165) is 21.7 Å². The van der Waals surface area contributed by atoms with E-state index in [9.17, 15) is 9.59 Å². The van der Waals surface area contributed by atoms with Gasteiger partial charge < -0.3 is 4.98 Å². The lowest BCUT2D eigenvalue weighted by atomic mass is 10.1. The van der Waals surface area contributed by atoms with Crippen LogP contribution in [0.5, 0.6) is 0 Å². The Kier molecular flexibility index (Phi) is 3.74. The number of aromatic amines is 1. The Hall–Kier alpha value is -2.15. The quantitative estimate of drug-likeness (QED) is 0.800. The Bertz CT molecular complexity index is 918. The topological polar surface area (TPSA) is 72.7 Å². The predicted octanol–water partition coefficient (Wildman–Crippen LogP) is 2.05. The van der Waals surface area contributed by atoms with E-state index in [-0.39, 0.29) is 17.2 Å². The average Bonchev–Trinajstić information content (AvgIpc) is 3.17. The van der Waals surface area contributed by atoms with Gasteiger partial charge in [-0.2, -0.15) is 0 Å². The highest BCUT2D eigenvalue weighted by Gasteiger charge is 2.18. The minimum Gasteiger partial charge on any atom is -0.336 e. The predicted molar refractivity (Wildman–Crippen MR) is 87.7 cm³/mol. The maximum absolute atomic E-state index is 12.5. The highest BCUT2D eigenvalue weighted by Crippen LogP contribution is 2.18. The largest absolute Gasteiger partial charge is 0.336 e. The van der Waals surface area contributed by atoms with Crippen molar-refractivity contribution in [2.24, 2.45) is 7.05 Å². The molecule has 0 amide bonds. The van der Waals surface area contributed by atoms with E-state index in [1.54, 1.807) is 15.9 Å². The van der Waals surface area contributed by atoms with Gasteiger partial charge in [0.15, 0.2) is 5.65 Å². The fraction of sp³-hybridized carbons (Fsp3) is 0.400. The first-order valence-electron chi connectivity index (χ1n) is 7.24. The Morgan fingerprint density at radius 1 is 1.41 bits per heavy atom. The van der Waals surface area contributed by atoms with Crippen LogP contribution < -0.4 is 11.2 Å². The number of nitrogens with one attached hydrogen (secondary N) is 1. The maximum Gasteiger partial charge on any atom is 0.332 e. The lowest BCUT2D eigenvalue weighted by Gasteiger charge is -2.07. The lowest BCUT2D eigenvalue weighted by Crippen LogP contribution is -2.38. The van der Waals surface area contributed by atoms with Crippen molar-refractivity contribution in [3.63, 3.8) is 0 Å². The van der Waals surface area contributed by atoms with Crippen molar-refractivity contribution in [3.05, 3.63) is 49.1 Å². The Morgan fingerprint density at radius 3 is 2.82 bits per heavy atom. The summed E-state index contributed by atoms with van der Waals surface area (Å²) >= 11 is 1.58. The molecule has 116 valence electrons. The van der Waals surface area contributed by atoms with Gasteiger partial charge in [-0.15, -0.1) is 11.3 Å². The Labute approximate surface area is 131 Å². The van der Waals surface area contributed by atoms with Crippen LogP contribution >= 0.6 is 11.3 Å². The molecular formula is C15H18N4O2S. The van der Waals surface area contributed by atoms with Crippen molar-refractivity contribution in [1.29, 1.82) is 0 Å². The summed E-state index contributed by atoms with van der Waals surface area (Å²) in [6.45, 7) is 4.53. The van der Waals surface area contributed by atoms with E-state index in [0.29, 0.717) is 17.7 Å². The summed E-state index contributed by atoms with van der Waals surface area (Å²) in [5, 5.41) is 1.97. The fourth-order valence-corrected chi connectivity index (χ4v) is 3.07. The first-order valence-corrected chi connectivity index (χ1v) is 8.12. The SMILES string of the molecule is CCC(C)c1nc2c([nH]1)c(=O)n(C)c(=O)n2Cc1cccs1. The molecule has 0 aromatic carbocycles. The second-order valence-corrected chi connectivity index (χ2v) is 6.47. The van der Waals surface area contributed by atoms with Crippen LogP contribution in [0.2, 0.25) is 0 Å². The molecule has 0 fully saturated rings. The molecule has 22 heavy (non-hydrogen) atoms. The molecule has 3 rings (SSSR count). The molecule has 7 heteroatoms. The zero-order valence-corrected chi connectivity index (χ0v) is 13.6. The number of imidazole rings is 1. The van der Waals surface area contributed by atoms with Crippen molar-refractivity contribution >= 4 is 22.5 Å². The molecule has 0 aliphatic heterocycles. The van der Waals surface area contributed by atoms with Gasteiger partial charge in [-0.3, -0.25) is 13.9 Å². The van der Waals surface area contributed by atoms with Crippen LogP contribution in [0.15, 0.2) is 27.1 Å². The number of rotatable bonds is 4. The van der Waals surface area contributed by atoms with Gasteiger partial charge in [0.05, 0.1) is 6.54 Å². The molecule has 0 radical (unpaired) electrons. The van der Waals surface area contributed by atoms with Crippen LogP contribution in [0.25, 0.3) is 11.2 Å². The minimum absolute atomic E-state index is 0.211. The van der Waals surface area contributed by atoms with E-state index in [4.69, 9.17) is 0 Å². The van der Waals surface area contributed by atoms with Crippen molar-refractivity contribution in [3.8, 4) is 0 Å². The second-order valence-electron chi connectivity index (χ2n) is 5.44. The molecule has 0 bridgehead atoms. The summed E-state index contributed by atoms with van der Waals surface area (Å²) in [7, 11) is 1.50. The van der Waals surface area contributed by atoms with Gasteiger partial charge in [0.1, 0.15) is 11.3 Å². The molecule has 6 nitrogen and oxygen atoms in total. The van der Waals surface area contributed by atoms with Gasteiger partial charge in [0, 0.05) is 17.8 Å². The van der Waals surface area contributed by atoms with Crippen molar-refractivity contribution in [2.45, 2.75) is 32.7 Å². The van der Waals surface area contributed by atoms with E-state index in [2.05, 4.69) is 16.9 Å². The monoisotopic (exact) mass is 318 g/mol. The molecule has 3 aromatic rings. The third kappa shape index (κ3) is 2.31. The standard InChI is InChI=1S/C15H18N4O2S/c1-4-9(2)12-16-11-13(17-12)19(8-10-6-5-7-22-10)15(21)18(3)14(11)20/h5-7,9H,4,8H2,1-3H3,(H,16,17). The summed E-state index contributed by atoms with van der Waals surface area (Å²) in [6.07, 6.45) is 0.912. The number of H-pyrrole nitrogens is 1. The zero-order valence-electron chi connectivity index (χ0n) is 12.8. The highest BCUT2D eigenvalue weighted by atomic mass is 32.1. The minimum atomic E-state index is -0.340. The molecule has 0 spiro atoms. The van der Waals surface area contributed by atoms with Crippen LogP contribution in [0.1, 0.15) is 36.9 Å². The van der Waals surface area contributed by atoms with Crippen LogP contribution in [0.4, 0.5) is 0 Å². The fourth-order valence-electron chi connectivity index (χ4n) is 2.38. The summed E-state index contributed by atoms with van der Waals surface area (Å²) in [4.78, 5) is 33.4. The van der Waals surface area contributed by atoms with Gasteiger partial charge in [-0.05, 0) is 17.9 Å². The molecule has 1 atom stereocenters. The smallest absolute Gasteiger partial charge is 0.332 e. The number of aromatic nitrogens is 4. The first-order chi connectivity index (χ1) is 10.5. The third-order valence-electron chi connectivity index (χ3n) is 3.97. The highest BCUT2D eigenvalue weighted by molar-refractivity contribution is 7.09. The molecule has 0 saturated heterocycles. The Morgan fingerprint density at radius 2 is 2.18 bits per heavy atom. The summed E-state index contributed by atoms with van der Waals surface area (Å²) in [6, 6.07) is 3.91. The second kappa shape index (κ2) is 5.57. The first kappa shape index (κ1) is 14.8. The van der Waals surface area contributed by atoms with Crippen LogP contribution in [0, 0.1) is 0 Å². The molecule has 0 saturated carbocycles.